The van der Waals surface area contributed by atoms with Gasteiger partial charge in [0.05, 0.1) is 12.1 Å². The van der Waals surface area contributed by atoms with Crippen LogP contribution in [0.3, 0.4) is 0 Å². The van der Waals surface area contributed by atoms with Crippen LogP contribution in [0.4, 0.5) is 0 Å². The third-order valence-electron chi connectivity index (χ3n) is 2.01. The summed E-state index contributed by atoms with van der Waals surface area (Å²) in [7, 11) is 0. The topological polar surface area (TPSA) is 58.8 Å². The van der Waals surface area contributed by atoms with E-state index in [-0.39, 0.29) is 18.2 Å². The number of rotatable bonds is 3. The van der Waals surface area contributed by atoms with Gasteiger partial charge in [0.1, 0.15) is 12.2 Å². The van der Waals surface area contributed by atoms with Gasteiger partial charge in [-0.15, -0.1) is 0 Å². The van der Waals surface area contributed by atoms with Crippen LogP contribution in [0.5, 0.6) is 0 Å². The van der Waals surface area contributed by atoms with E-state index in [0.717, 1.165) is 5.57 Å². The lowest BCUT2D eigenvalue weighted by atomic mass is 10.1. The molecule has 1 aliphatic heterocycles. The zero-order valence-electron chi connectivity index (χ0n) is 7.82. The molecule has 3 N–H and O–H groups in total. The molecule has 1 aliphatic rings. The Balaban J connectivity index is 2.42. The van der Waals surface area contributed by atoms with Crippen molar-refractivity contribution >= 4 is 0 Å². The van der Waals surface area contributed by atoms with E-state index < -0.39 is 6.10 Å². The maximum absolute atomic E-state index is 9.58. The van der Waals surface area contributed by atoms with Gasteiger partial charge in [-0.2, -0.15) is 0 Å². The number of epoxide rings is 1. The first-order chi connectivity index (χ1) is 5.52. The van der Waals surface area contributed by atoms with Crippen molar-refractivity contribution in [2.45, 2.75) is 45.1 Å². The van der Waals surface area contributed by atoms with E-state index >= 15 is 0 Å². The van der Waals surface area contributed by atoms with Gasteiger partial charge in [0.15, 0.2) is 0 Å². The second kappa shape index (κ2) is 3.56. The van der Waals surface area contributed by atoms with Crippen LogP contribution >= 0.6 is 0 Å². The lowest BCUT2D eigenvalue weighted by Crippen LogP contribution is -2.37. The van der Waals surface area contributed by atoms with E-state index in [1.807, 2.05) is 26.8 Å². The highest BCUT2D eigenvalue weighted by Crippen LogP contribution is 2.26. The monoisotopic (exact) mass is 171 g/mol. The van der Waals surface area contributed by atoms with E-state index in [1.54, 1.807) is 0 Å². The zero-order chi connectivity index (χ0) is 9.30. The van der Waals surface area contributed by atoms with Gasteiger partial charge in [0, 0.05) is 0 Å². The molecule has 3 heteroatoms. The van der Waals surface area contributed by atoms with Crippen molar-refractivity contribution in [3.8, 4) is 0 Å². The average Bonchev–Trinajstić information content (AvgIpc) is 2.64. The van der Waals surface area contributed by atoms with Gasteiger partial charge in [-0.3, -0.25) is 0 Å². The normalized spacial score (nSPS) is 32.4. The van der Waals surface area contributed by atoms with Crippen LogP contribution in [-0.2, 0) is 4.74 Å². The Hall–Kier alpha value is -0.380. The maximum Gasteiger partial charge on any atom is 0.112 e. The molecule has 1 fully saturated rings. The summed E-state index contributed by atoms with van der Waals surface area (Å²) in [6.45, 7) is 5.86. The second-order valence-corrected chi connectivity index (χ2v) is 3.62. The molecule has 3 nitrogen and oxygen atoms in total. The second-order valence-electron chi connectivity index (χ2n) is 3.62. The summed E-state index contributed by atoms with van der Waals surface area (Å²) >= 11 is 0. The predicted octanol–water partition coefficient (Wildman–Crippen LogP) is 0.428. The molecule has 1 saturated heterocycles. The summed E-state index contributed by atoms with van der Waals surface area (Å²) in [6.07, 6.45) is 1.40. The van der Waals surface area contributed by atoms with Gasteiger partial charge in [0.25, 0.3) is 0 Å². The molecule has 0 bridgehead atoms. The minimum Gasteiger partial charge on any atom is -0.388 e. The van der Waals surface area contributed by atoms with Crippen molar-refractivity contribution in [1.29, 1.82) is 0 Å². The Morgan fingerprint density at radius 1 is 1.58 bits per heavy atom. The first kappa shape index (κ1) is 9.71. The molecule has 0 saturated carbocycles. The minimum atomic E-state index is -0.560. The Morgan fingerprint density at radius 3 is 2.42 bits per heavy atom. The number of ether oxygens (including phenoxy) is 1. The Morgan fingerprint density at radius 2 is 2.08 bits per heavy atom. The van der Waals surface area contributed by atoms with Gasteiger partial charge in [0.2, 0.25) is 0 Å². The van der Waals surface area contributed by atoms with Crippen molar-refractivity contribution in [1.82, 2.24) is 0 Å². The largest absolute Gasteiger partial charge is 0.388 e. The van der Waals surface area contributed by atoms with E-state index in [1.165, 1.54) is 0 Å². The molecule has 0 aromatic heterocycles. The predicted molar refractivity (Wildman–Crippen MR) is 47.7 cm³/mol. The van der Waals surface area contributed by atoms with Crippen LogP contribution < -0.4 is 5.73 Å². The van der Waals surface area contributed by atoms with Crippen molar-refractivity contribution in [2.24, 2.45) is 5.73 Å². The summed E-state index contributed by atoms with van der Waals surface area (Å²) in [5, 5.41) is 9.58. The molecule has 3 unspecified atom stereocenters. The first-order valence-electron chi connectivity index (χ1n) is 4.26. The summed E-state index contributed by atoms with van der Waals surface area (Å²) in [5.41, 5.74) is 6.84. The SMILES string of the molecule is CC(C)=CC(N)[C@@H](O)C1OC1C. The molecule has 4 atom stereocenters. The van der Waals surface area contributed by atoms with E-state index in [9.17, 15) is 5.11 Å². The van der Waals surface area contributed by atoms with Gasteiger partial charge < -0.3 is 15.6 Å². The number of aliphatic hydroxyl groups excluding tert-OH is 1. The summed E-state index contributed by atoms with van der Waals surface area (Å²) in [5.74, 6) is 0. The third-order valence-corrected chi connectivity index (χ3v) is 2.01. The molecular weight excluding hydrogens is 154 g/mol. The van der Waals surface area contributed by atoms with E-state index in [0.29, 0.717) is 0 Å². The molecular formula is C9H17NO2. The first-order valence-corrected chi connectivity index (χ1v) is 4.26. The van der Waals surface area contributed by atoms with Crippen molar-refractivity contribution in [2.75, 3.05) is 0 Å². The van der Waals surface area contributed by atoms with Crippen molar-refractivity contribution < 1.29 is 9.84 Å². The van der Waals surface area contributed by atoms with Gasteiger partial charge in [-0.25, -0.2) is 0 Å². The highest BCUT2D eigenvalue weighted by molar-refractivity contribution is 5.06. The number of aliphatic hydroxyl groups is 1. The molecule has 0 aromatic carbocycles. The summed E-state index contributed by atoms with van der Waals surface area (Å²) in [4.78, 5) is 0. The maximum atomic E-state index is 9.58. The zero-order valence-corrected chi connectivity index (χ0v) is 7.82. The fraction of sp³-hybridized carbons (Fsp3) is 0.778. The van der Waals surface area contributed by atoms with Crippen molar-refractivity contribution in [3.05, 3.63) is 11.6 Å². The number of nitrogens with two attached hydrogens (primary N) is 1. The van der Waals surface area contributed by atoms with Gasteiger partial charge >= 0.3 is 0 Å². The number of hydrogen-bond acceptors (Lipinski definition) is 3. The van der Waals surface area contributed by atoms with Crippen LogP contribution in [0, 0.1) is 0 Å². The fourth-order valence-electron chi connectivity index (χ4n) is 1.26. The van der Waals surface area contributed by atoms with E-state index in [4.69, 9.17) is 10.5 Å². The molecule has 70 valence electrons. The standard InChI is InChI=1S/C9H17NO2/c1-5(2)4-7(10)8(11)9-6(3)12-9/h4,6-9,11H,10H2,1-3H3/t6?,7?,8-,9?/m1/s1. The number of hydrogen-bond donors (Lipinski definition) is 2. The van der Waals surface area contributed by atoms with Crippen molar-refractivity contribution in [3.63, 3.8) is 0 Å². The molecule has 1 heterocycles. The average molecular weight is 171 g/mol. The Kier molecular flexibility index (Phi) is 2.88. The molecule has 0 aromatic rings. The Bertz CT molecular complexity index is 187. The number of allylic oxidation sites excluding steroid dienone is 1. The summed E-state index contributed by atoms with van der Waals surface area (Å²) in [6, 6.07) is -0.301. The minimum absolute atomic E-state index is 0.0596. The molecule has 0 amide bonds. The lowest BCUT2D eigenvalue weighted by molar-refractivity contribution is 0.123. The van der Waals surface area contributed by atoms with Crippen LogP contribution in [0.2, 0.25) is 0 Å². The molecule has 0 aliphatic carbocycles. The van der Waals surface area contributed by atoms with Crippen LogP contribution in [0.1, 0.15) is 20.8 Å². The summed E-state index contributed by atoms with van der Waals surface area (Å²) < 4.78 is 5.12. The van der Waals surface area contributed by atoms with Gasteiger partial charge in [-0.05, 0) is 20.8 Å². The van der Waals surface area contributed by atoms with Crippen LogP contribution in [0.15, 0.2) is 11.6 Å². The Labute approximate surface area is 73.2 Å². The highest BCUT2D eigenvalue weighted by Gasteiger charge is 2.42. The van der Waals surface area contributed by atoms with Crippen LogP contribution in [-0.4, -0.2) is 29.5 Å². The fourth-order valence-corrected chi connectivity index (χ4v) is 1.26. The lowest BCUT2D eigenvalue weighted by Gasteiger charge is -2.13. The molecule has 1 rings (SSSR count). The quantitative estimate of drug-likeness (QED) is 0.478. The highest BCUT2D eigenvalue weighted by atomic mass is 16.6. The van der Waals surface area contributed by atoms with E-state index in [2.05, 4.69) is 0 Å². The molecule has 12 heavy (non-hydrogen) atoms. The van der Waals surface area contributed by atoms with Gasteiger partial charge in [-0.1, -0.05) is 11.6 Å². The van der Waals surface area contributed by atoms with Crippen LogP contribution in [0.25, 0.3) is 0 Å². The smallest absolute Gasteiger partial charge is 0.112 e. The molecule has 0 radical (unpaired) electrons. The molecule has 0 spiro atoms. The third kappa shape index (κ3) is 2.30.